The van der Waals surface area contributed by atoms with Crippen LogP contribution in [0, 0.1) is 0 Å². The summed E-state index contributed by atoms with van der Waals surface area (Å²) in [5.74, 6) is 2.53. The van der Waals surface area contributed by atoms with Crippen LogP contribution in [0.2, 0.25) is 0 Å². The summed E-state index contributed by atoms with van der Waals surface area (Å²) in [5.41, 5.74) is 0. The van der Waals surface area contributed by atoms with Gasteiger partial charge >= 0.3 is 0 Å². The van der Waals surface area contributed by atoms with Gasteiger partial charge in [-0.3, -0.25) is 0 Å². The van der Waals surface area contributed by atoms with Gasteiger partial charge in [-0.2, -0.15) is 11.8 Å². The fraction of sp³-hybridized carbons (Fsp3) is 1.00. The fourth-order valence-electron chi connectivity index (χ4n) is 1.38. The molecule has 0 amide bonds. The Kier molecular flexibility index (Phi) is 11.6. The van der Waals surface area contributed by atoms with Crippen LogP contribution in [0.1, 0.15) is 33.1 Å². The van der Waals surface area contributed by atoms with Crippen LogP contribution < -0.4 is 5.32 Å². The van der Waals surface area contributed by atoms with E-state index >= 15 is 0 Å². The van der Waals surface area contributed by atoms with Gasteiger partial charge in [0.1, 0.15) is 0 Å². The summed E-state index contributed by atoms with van der Waals surface area (Å²) < 4.78 is 5.06. The lowest BCUT2D eigenvalue weighted by Gasteiger charge is -2.16. The highest BCUT2D eigenvalue weighted by Gasteiger charge is 2.06. The lowest BCUT2D eigenvalue weighted by Crippen LogP contribution is -2.31. The first-order valence-electron chi connectivity index (χ1n) is 5.65. The largest absolute Gasteiger partial charge is 0.385 e. The zero-order valence-corrected chi connectivity index (χ0v) is 10.7. The predicted molar refractivity (Wildman–Crippen MR) is 66.2 cm³/mol. The second kappa shape index (κ2) is 11.3. The average Bonchev–Trinajstić information content (AvgIpc) is 2.18. The van der Waals surface area contributed by atoms with Gasteiger partial charge in [-0.25, -0.2) is 0 Å². The molecular weight excluding hydrogens is 194 g/mol. The fourth-order valence-corrected chi connectivity index (χ4v) is 2.40. The predicted octanol–water partition coefficient (Wildman–Crippen LogP) is 2.53. The van der Waals surface area contributed by atoms with E-state index in [1.165, 1.54) is 30.8 Å². The van der Waals surface area contributed by atoms with Crippen LogP contribution in [0.5, 0.6) is 0 Å². The molecule has 0 radical (unpaired) electrons. The van der Waals surface area contributed by atoms with Crippen LogP contribution in [0.3, 0.4) is 0 Å². The van der Waals surface area contributed by atoms with Gasteiger partial charge in [0.25, 0.3) is 0 Å². The van der Waals surface area contributed by atoms with Gasteiger partial charge in [0.05, 0.1) is 0 Å². The number of ether oxygens (including phenoxy) is 1. The Labute approximate surface area is 93.2 Å². The van der Waals surface area contributed by atoms with E-state index in [0.29, 0.717) is 6.04 Å². The summed E-state index contributed by atoms with van der Waals surface area (Å²) in [4.78, 5) is 0. The molecule has 0 aromatic rings. The van der Waals surface area contributed by atoms with Gasteiger partial charge in [-0.05, 0) is 31.6 Å². The molecule has 1 unspecified atom stereocenters. The van der Waals surface area contributed by atoms with Crippen LogP contribution in [-0.2, 0) is 4.74 Å². The minimum atomic E-state index is 0.673. The van der Waals surface area contributed by atoms with Crippen LogP contribution in [0.25, 0.3) is 0 Å². The molecule has 0 saturated heterocycles. The molecule has 1 N–H and O–H groups in total. The lowest BCUT2D eigenvalue weighted by molar-refractivity contribution is 0.190. The van der Waals surface area contributed by atoms with Crippen molar-refractivity contribution in [3.8, 4) is 0 Å². The van der Waals surface area contributed by atoms with Gasteiger partial charge < -0.3 is 10.1 Å². The molecule has 0 aliphatic heterocycles. The van der Waals surface area contributed by atoms with Crippen molar-refractivity contribution in [3.05, 3.63) is 0 Å². The molecule has 86 valence electrons. The SMILES string of the molecule is CCCSCC(CCCOC)NCC. The summed E-state index contributed by atoms with van der Waals surface area (Å²) >= 11 is 2.06. The van der Waals surface area contributed by atoms with Crippen molar-refractivity contribution in [1.82, 2.24) is 5.32 Å². The summed E-state index contributed by atoms with van der Waals surface area (Å²) in [6.07, 6.45) is 3.68. The maximum Gasteiger partial charge on any atom is 0.0462 e. The minimum absolute atomic E-state index is 0.673. The van der Waals surface area contributed by atoms with Gasteiger partial charge in [-0.15, -0.1) is 0 Å². The quantitative estimate of drug-likeness (QED) is 0.571. The zero-order chi connectivity index (χ0) is 10.6. The van der Waals surface area contributed by atoms with Crippen molar-refractivity contribution in [3.63, 3.8) is 0 Å². The number of hydrogen-bond acceptors (Lipinski definition) is 3. The summed E-state index contributed by atoms with van der Waals surface area (Å²) in [5, 5.41) is 3.52. The molecule has 0 aromatic carbocycles. The Morgan fingerprint density at radius 1 is 1.36 bits per heavy atom. The molecule has 0 fully saturated rings. The van der Waals surface area contributed by atoms with E-state index in [9.17, 15) is 0 Å². The molecule has 0 aromatic heterocycles. The van der Waals surface area contributed by atoms with Crippen molar-refractivity contribution in [2.45, 2.75) is 39.2 Å². The third-order valence-corrected chi connectivity index (χ3v) is 3.40. The second-order valence-electron chi connectivity index (χ2n) is 3.46. The maximum atomic E-state index is 5.06. The molecule has 0 spiro atoms. The molecule has 0 heterocycles. The van der Waals surface area contributed by atoms with Gasteiger partial charge in [0.2, 0.25) is 0 Å². The van der Waals surface area contributed by atoms with E-state index in [2.05, 4.69) is 30.9 Å². The van der Waals surface area contributed by atoms with Crippen molar-refractivity contribution in [2.24, 2.45) is 0 Å². The first kappa shape index (κ1) is 14.3. The van der Waals surface area contributed by atoms with E-state index in [-0.39, 0.29) is 0 Å². The number of nitrogens with one attached hydrogen (secondary N) is 1. The minimum Gasteiger partial charge on any atom is -0.385 e. The molecule has 3 heteroatoms. The molecule has 0 bridgehead atoms. The lowest BCUT2D eigenvalue weighted by atomic mass is 10.2. The Morgan fingerprint density at radius 3 is 2.71 bits per heavy atom. The zero-order valence-electron chi connectivity index (χ0n) is 9.84. The topological polar surface area (TPSA) is 21.3 Å². The number of methoxy groups -OCH3 is 1. The van der Waals surface area contributed by atoms with E-state index < -0.39 is 0 Å². The van der Waals surface area contributed by atoms with E-state index in [1.54, 1.807) is 7.11 Å². The summed E-state index contributed by atoms with van der Waals surface area (Å²) in [7, 11) is 1.77. The Morgan fingerprint density at radius 2 is 2.14 bits per heavy atom. The third kappa shape index (κ3) is 8.85. The number of rotatable bonds is 10. The van der Waals surface area contributed by atoms with Crippen LogP contribution >= 0.6 is 11.8 Å². The number of thioether (sulfide) groups is 1. The van der Waals surface area contributed by atoms with Crippen molar-refractivity contribution in [2.75, 3.05) is 31.8 Å². The summed E-state index contributed by atoms with van der Waals surface area (Å²) in [6, 6.07) is 0.673. The highest BCUT2D eigenvalue weighted by Crippen LogP contribution is 2.08. The molecule has 0 aliphatic carbocycles. The average molecular weight is 219 g/mol. The maximum absolute atomic E-state index is 5.06. The molecule has 0 saturated carbocycles. The molecular formula is C11H25NOS. The molecule has 0 aliphatic rings. The molecule has 1 atom stereocenters. The van der Waals surface area contributed by atoms with E-state index in [0.717, 1.165) is 13.2 Å². The van der Waals surface area contributed by atoms with Crippen molar-refractivity contribution in [1.29, 1.82) is 0 Å². The Balaban J connectivity index is 3.44. The van der Waals surface area contributed by atoms with Crippen LogP contribution in [0.4, 0.5) is 0 Å². The molecule has 0 rings (SSSR count). The highest BCUT2D eigenvalue weighted by molar-refractivity contribution is 7.99. The standard InChI is InChI=1S/C11H25NOS/c1-4-9-14-10-11(12-5-2)7-6-8-13-3/h11-12H,4-10H2,1-3H3. The van der Waals surface area contributed by atoms with Crippen LogP contribution in [0.15, 0.2) is 0 Å². The molecule has 2 nitrogen and oxygen atoms in total. The van der Waals surface area contributed by atoms with Crippen LogP contribution in [-0.4, -0.2) is 37.8 Å². The van der Waals surface area contributed by atoms with Crippen molar-refractivity contribution < 1.29 is 4.74 Å². The molecule has 14 heavy (non-hydrogen) atoms. The smallest absolute Gasteiger partial charge is 0.0462 e. The number of hydrogen-bond donors (Lipinski definition) is 1. The highest BCUT2D eigenvalue weighted by atomic mass is 32.2. The van der Waals surface area contributed by atoms with Gasteiger partial charge in [0, 0.05) is 25.5 Å². The first-order valence-corrected chi connectivity index (χ1v) is 6.80. The first-order chi connectivity index (χ1) is 6.85. The summed E-state index contributed by atoms with van der Waals surface area (Å²) in [6.45, 7) is 6.37. The normalized spacial score (nSPS) is 13.1. The van der Waals surface area contributed by atoms with E-state index in [1.807, 2.05) is 0 Å². The van der Waals surface area contributed by atoms with Gasteiger partial charge in [-0.1, -0.05) is 13.8 Å². The van der Waals surface area contributed by atoms with Gasteiger partial charge in [0.15, 0.2) is 0 Å². The third-order valence-electron chi connectivity index (χ3n) is 2.06. The second-order valence-corrected chi connectivity index (χ2v) is 4.61. The monoisotopic (exact) mass is 219 g/mol. The Hall–Kier alpha value is 0.270. The Bertz CT molecular complexity index is 101. The van der Waals surface area contributed by atoms with E-state index in [4.69, 9.17) is 4.74 Å². The van der Waals surface area contributed by atoms with Crippen molar-refractivity contribution >= 4 is 11.8 Å².